The maximum Gasteiger partial charge on any atom is 0.312 e. The molecular formula is C18H25O4Y-. The number of carbonyl (C=O) groups is 2. The van der Waals surface area contributed by atoms with E-state index < -0.39 is 0 Å². The molecule has 0 aromatic carbocycles. The molecule has 3 atom stereocenters. The first-order valence-corrected chi connectivity index (χ1v) is 7.99. The van der Waals surface area contributed by atoms with Crippen LogP contribution in [0, 0.1) is 18.3 Å². The minimum atomic E-state index is -0.208. The van der Waals surface area contributed by atoms with E-state index in [1.807, 2.05) is 6.08 Å². The summed E-state index contributed by atoms with van der Waals surface area (Å²) in [6.45, 7) is 10.8. The van der Waals surface area contributed by atoms with Gasteiger partial charge in [-0.3, -0.25) is 9.59 Å². The van der Waals surface area contributed by atoms with Gasteiger partial charge in [-0.1, -0.05) is 37.5 Å². The average molecular weight is 394 g/mol. The quantitative estimate of drug-likeness (QED) is 0.419. The summed E-state index contributed by atoms with van der Waals surface area (Å²) in [6, 6.07) is 0. The van der Waals surface area contributed by atoms with Gasteiger partial charge in [0.05, 0.1) is 5.41 Å². The number of carbonyl (C=O) groups excluding carboxylic acids is 2. The molecule has 1 spiro atoms. The number of rotatable bonds is 3. The third-order valence-corrected chi connectivity index (χ3v) is 4.70. The second-order valence-electron chi connectivity index (χ2n) is 6.39. The molecule has 3 aliphatic rings. The molecule has 0 bridgehead atoms. The Kier molecular flexibility index (Phi) is 8.16. The minimum absolute atomic E-state index is 0. The van der Waals surface area contributed by atoms with E-state index in [9.17, 15) is 9.59 Å². The molecule has 125 valence electrons. The molecule has 2 saturated heterocycles. The fraction of sp³-hybridized carbons (Fsp3) is 0.611. The third kappa shape index (κ3) is 5.00. The van der Waals surface area contributed by atoms with Gasteiger partial charge in [0, 0.05) is 45.6 Å². The summed E-state index contributed by atoms with van der Waals surface area (Å²) < 4.78 is 10.1. The molecule has 0 amide bonds. The van der Waals surface area contributed by atoms with Crippen molar-refractivity contribution in [3.8, 4) is 0 Å². The van der Waals surface area contributed by atoms with Gasteiger partial charge in [0.25, 0.3) is 5.97 Å². The summed E-state index contributed by atoms with van der Waals surface area (Å²) >= 11 is 0. The van der Waals surface area contributed by atoms with Gasteiger partial charge in [0.1, 0.15) is 12.2 Å². The number of hydrogen-bond donors (Lipinski definition) is 0. The molecule has 5 heteroatoms. The van der Waals surface area contributed by atoms with Crippen molar-refractivity contribution in [1.29, 1.82) is 0 Å². The van der Waals surface area contributed by atoms with Crippen molar-refractivity contribution in [3.63, 3.8) is 0 Å². The SMILES string of the molecule is C=CC1CC([CH2-])C(=O)O1.C=CCC1CC2(CCCC2)C(=O)O1.[Y]. The summed E-state index contributed by atoms with van der Waals surface area (Å²) in [5, 5.41) is 0. The van der Waals surface area contributed by atoms with Crippen LogP contribution in [0.2, 0.25) is 0 Å². The van der Waals surface area contributed by atoms with E-state index in [1.165, 1.54) is 12.8 Å². The molecule has 3 unspecified atom stereocenters. The number of esters is 2. The van der Waals surface area contributed by atoms with E-state index >= 15 is 0 Å². The van der Waals surface area contributed by atoms with E-state index in [4.69, 9.17) is 9.47 Å². The van der Waals surface area contributed by atoms with Crippen LogP contribution >= 0.6 is 0 Å². The van der Waals surface area contributed by atoms with Crippen LogP contribution in [0.4, 0.5) is 0 Å². The van der Waals surface area contributed by atoms with Crippen molar-refractivity contribution in [2.75, 3.05) is 0 Å². The summed E-state index contributed by atoms with van der Waals surface area (Å²) in [4.78, 5) is 22.2. The molecule has 3 rings (SSSR count). The molecule has 4 nitrogen and oxygen atoms in total. The second kappa shape index (κ2) is 9.12. The predicted molar refractivity (Wildman–Crippen MR) is 83.8 cm³/mol. The van der Waals surface area contributed by atoms with Crippen molar-refractivity contribution in [3.05, 3.63) is 32.2 Å². The second-order valence-corrected chi connectivity index (χ2v) is 6.39. The van der Waals surface area contributed by atoms with Crippen LogP contribution in [-0.4, -0.2) is 24.1 Å². The van der Waals surface area contributed by atoms with Crippen LogP contribution in [0.3, 0.4) is 0 Å². The minimum Gasteiger partial charge on any atom is -0.462 e. The molecule has 1 radical (unpaired) electrons. The zero-order chi connectivity index (χ0) is 16.2. The van der Waals surface area contributed by atoms with Crippen LogP contribution in [0.15, 0.2) is 25.3 Å². The van der Waals surface area contributed by atoms with Gasteiger partial charge in [-0.25, -0.2) is 0 Å². The van der Waals surface area contributed by atoms with Gasteiger partial charge in [-0.05, 0) is 19.3 Å². The molecule has 1 aliphatic carbocycles. The van der Waals surface area contributed by atoms with Gasteiger partial charge in [0.15, 0.2) is 0 Å². The predicted octanol–water partition coefficient (Wildman–Crippen LogP) is 3.37. The Morgan fingerprint density at radius 1 is 1.22 bits per heavy atom. The van der Waals surface area contributed by atoms with Crippen molar-refractivity contribution in [2.45, 2.75) is 57.2 Å². The van der Waals surface area contributed by atoms with Crippen LogP contribution in [0.5, 0.6) is 0 Å². The Morgan fingerprint density at radius 2 is 1.87 bits per heavy atom. The van der Waals surface area contributed by atoms with E-state index in [2.05, 4.69) is 20.1 Å². The Hall–Kier alpha value is -0.476. The van der Waals surface area contributed by atoms with Crippen molar-refractivity contribution in [1.82, 2.24) is 0 Å². The zero-order valence-corrected chi connectivity index (χ0v) is 16.5. The summed E-state index contributed by atoms with van der Waals surface area (Å²) in [7, 11) is 0. The first kappa shape index (κ1) is 20.6. The first-order valence-electron chi connectivity index (χ1n) is 7.99. The Morgan fingerprint density at radius 3 is 2.30 bits per heavy atom. The van der Waals surface area contributed by atoms with Crippen molar-refractivity contribution in [2.24, 2.45) is 11.3 Å². The largest absolute Gasteiger partial charge is 0.462 e. The molecule has 23 heavy (non-hydrogen) atoms. The maximum atomic E-state index is 11.6. The number of hydrogen-bond acceptors (Lipinski definition) is 4. The summed E-state index contributed by atoms with van der Waals surface area (Å²) in [5.74, 6) is -0.343. The topological polar surface area (TPSA) is 52.6 Å². The van der Waals surface area contributed by atoms with E-state index in [1.54, 1.807) is 6.08 Å². The fourth-order valence-electron chi connectivity index (χ4n) is 3.43. The fourth-order valence-corrected chi connectivity index (χ4v) is 3.43. The molecule has 2 heterocycles. The van der Waals surface area contributed by atoms with Gasteiger partial charge in [-0.2, -0.15) is 0 Å². The zero-order valence-electron chi connectivity index (χ0n) is 13.7. The molecule has 1 saturated carbocycles. The van der Waals surface area contributed by atoms with Crippen LogP contribution < -0.4 is 0 Å². The maximum absolute atomic E-state index is 11.6. The molecule has 3 fully saturated rings. The van der Waals surface area contributed by atoms with Gasteiger partial charge < -0.3 is 16.4 Å². The smallest absolute Gasteiger partial charge is 0.312 e. The molecule has 0 aromatic heterocycles. The normalized spacial score (nSPS) is 30.7. The molecule has 0 N–H and O–H groups in total. The van der Waals surface area contributed by atoms with Crippen molar-refractivity contribution >= 4 is 11.9 Å². The standard InChI is InChI=1S/C11H16O2.C7H9O2.Y/c1-2-5-9-8-11(10(12)13-9)6-3-4-7-11;1-3-6-4-5(2)7(8)9-6;/h2,9H,1,3-8H2;3,5-6H,1-2,4H2;/q;-1;. The van der Waals surface area contributed by atoms with Gasteiger partial charge in [0.2, 0.25) is 0 Å². The summed E-state index contributed by atoms with van der Waals surface area (Å²) in [5.41, 5.74) is -0.0896. The average Bonchev–Trinajstić information content (AvgIpc) is 3.16. The van der Waals surface area contributed by atoms with Crippen LogP contribution in [0.1, 0.15) is 44.9 Å². The first-order chi connectivity index (χ1) is 10.5. The summed E-state index contributed by atoms with van der Waals surface area (Å²) in [6.07, 6.45) is 10.4. The molecule has 2 aliphatic heterocycles. The molecule has 0 aromatic rings. The van der Waals surface area contributed by atoms with Crippen LogP contribution in [0.25, 0.3) is 0 Å². The number of ether oxygens (including phenoxy) is 2. The van der Waals surface area contributed by atoms with E-state index in [-0.39, 0.29) is 68.2 Å². The molecular weight excluding hydrogens is 369 g/mol. The number of cyclic esters (lactones) is 2. The Labute approximate surface area is 163 Å². The van der Waals surface area contributed by atoms with Crippen LogP contribution in [-0.2, 0) is 51.8 Å². The van der Waals surface area contributed by atoms with E-state index in [0.717, 1.165) is 25.7 Å². The Bertz CT molecular complexity index is 454. The third-order valence-electron chi connectivity index (χ3n) is 4.70. The van der Waals surface area contributed by atoms with E-state index in [0.29, 0.717) is 6.42 Å². The monoisotopic (exact) mass is 394 g/mol. The Balaban J connectivity index is 0.000000235. The van der Waals surface area contributed by atoms with Gasteiger partial charge >= 0.3 is 5.97 Å². The van der Waals surface area contributed by atoms with Gasteiger partial charge in [-0.15, -0.1) is 6.58 Å². The van der Waals surface area contributed by atoms with Crippen molar-refractivity contribution < 1.29 is 51.8 Å².